The average Bonchev–Trinajstić information content (AvgIpc) is 3.13. The van der Waals surface area contributed by atoms with Crippen LogP contribution < -0.4 is 15.0 Å². The van der Waals surface area contributed by atoms with Crippen LogP contribution >= 0.6 is 0 Å². The number of phenols is 1. The molecule has 1 atom stereocenters. The van der Waals surface area contributed by atoms with Crippen molar-refractivity contribution >= 4 is 27.1 Å². The Hall–Kier alpha value is -4.19. The van der Waals surface area contributed by atoms with E-state index in [1.165, 1.54) is 44.2 Å². The van der Waals surface area contributed by atoms with Gasteiger partial charge in [-0.2, -0.15) is 4.39 Å². The van der Waals surface area contributed by atoms with Gasteiger partial charge >= 0.3 is 0 Å². The number of halogens is 2. The van der Waals surface area contributed by atoms with Crippen LogP contribution in [0.5, 0.6) is 11.5 Å². The summed E-state index contributed by atoms with van der Waals surface area (Å²) in [5.41, 5.74) is -0.510. The molecule has 0 saturated heterocycles. The number of nitrogens with one attached hydrogen (secondary N) is 1. The highest BCUT2D eigenvalue weighted by atomic mass is 32.2. The molecule has 0 spiro atoms. The number of hydrogen-bond acceptors (Lipinski definition) is 8. The summed E-state index contributed by atoms with van der Waals surface area (Å²) in [6.45, 7) is 11.9. The van der Waals surface area contributed by atoms with Gasteiger partial charge in [0.25, 0.3) is 5.91 Å². The van der Waals surface area contributed by atoms with Crippen LogP contribution in [-0.2, 0) is 9.84 Å². The molecule has 3 heterocycles. The Kier molecular flexibility index (Phi) is 7.16. The van der Waals surface area contributed by atoms with Gasteiger partial charge in [0.1, 0.15) is 29.8 Å². The number of benzene rings is 2. The summed E-state index contributed by atoms with van der Waals surface area (Å²) in [6.07, 6.45) is 0.180. The number of aromatic hydroxyl groups is 1. The lowest BCUT2D eigenvalue weighted by atomic mass is 9.88. The number of aryl methyl sites for hydroxylation is 2. The first-order valence-electron chi connectivity index (χ1n) is 13.2. The van der Waals surface area contributed by atoms with Gasteiger partial charge in [0, 0.05) is 18.2 Å². The molecule has 2 N–H and O–H groups in total. The first-order chi connectivity index (χ1) is 19.6. The monoisotopic (exact) mass is 599 g/mol. The lowest BCUT2D eigenvalue weighted by molar-refractivity contribution is 0.0974. The summed E-state index contributed by atoms with van der Waals surface area (Å²) >= 11 is 0. The van der Waals surface area contributed by atoms with Gasteiger partial charge in [-0.3, -0.25) is 9.69 Å². The van der Waals surface area contributed by atoms with Crippen LogP contribution in [0, 0.1) is 30.9 Å². The fourth-order valence-electron chi connectivity index (χ4n) is 5.52. The number of aromatic nitrogens is 1. The number of oxazole rings is 1. The summed E-state index contributed by atoms with van der Waals surface area (Å²) in [4.78, 5) is 19.2. The minimum absolute atomic E-state index is 0.0360. The Morgan fingerprint density at radius 3 is 2.60 bits per heavy atom. The topological polar surface area (TPSA) is 122 Å². The maximum absolute atomic E-state index is 16.1. The third-order valence-corrected chi connectivity index (χ3v) is 9.40. The third-order valence-electron chi connectivity index (χ3n) is 7.10. The van der Waals surface area contributed by atoms with E-state index in [4.69, 9.17) is 9.15 Å². The molecule has 0 bridgehead atoms. The number of fused-ring (bicyclic) bond motifs is 1. The second-order valence-corrected chi connectivity index (χ2v) is 13.4. The zero-order valence-electron chi connectivity index (χ0n) is 23.8. The van der Waals surface area contributed by atoms with Crippen LogP contribution in [-0.4, -0.2) is 36.8 Å². The van der Waals surface area contributed by atoms with Crippen molar-refractivity contribution in [3.8, 4) is 11.5 Å². The predicted molar refractivity (Wildman–Crippen MR) is 153 cm³/mol. The number of phenolic OH excluding ortho intramolecular Hbond substituents is 1. The molecule has 222 valence electrons. The minimum Gasteiger partial charge on any atom is -0.506 e. The van der Waals surface area contributed by atoms with E-state index < -0.39 is 50.1 Å². The Morgan fingerprint density at radius 2 is 1.95 bits per heavy atom. The van der Waals surface area contributed by atoms with Crippen molar-refractivity contribution < 1.29 is 36.3 Å². The lowest BCUT2D eigenvalue weighted by Crippen LogP contribution is -2.41. The SMILES string of the molecule is C=C(C)COc1ccc([C@H]2C3=C(CC(C)(C)CS3(=O)=O)Nc3c(O)cccc3N2C(=O)c2nc(C)oc2C)c(F)c1F. The third kappa shape index (κ3) is 5.04. The Balaban J connectivity index is 1.85. The number of allylic oxidation sites excluding steroid dienone is 1. The minimum atomic E-state index is -4.19. The summed E-state index contributed by atoms with van der Waals surface area (Å²) < 4.78 is 70.5. The van der Waals surface area contributed by atoms with Gasteiger partial charge in [-0.05, 0) is 55.5 Å². The fourth-order valence-corrected chi connectivity index (χ4v) is 7.88. The van der Waals surface area contributed by atoms with Gasteiger partial charge in [-0.25, -0.2) is 17.8 Å². The first-order valence-corrected chi connectivity index (χ1v) is 14.8. The average molecular weight is 600 g/mol. The van der Waals surface area contributed by atoms with E-state index in [1.54, 1.807) is 20.8 Å². The lowest BCUT2D eigenvalue weighted by Gasteiger charge is -2.37. The van der Waals surface area contributed by atoms with Crippen molar-refractivity contribution in [3.63, 3.8) is 0 Å². The number of amides is 1. The maximum atomic E-state index is 16.1. The quantitative estimate of drug-likeness (QED) is 0.267. The number of rotatable bonds is 5. The van der Waals surface area contributed by atoms with Crippen LogP contribution in [0.15, 0.2) is 57.5 Å². The molecule has 0 fully saturated rings. The van der Waals surface area contributed by atoms with Crippen LogP contribution in [0.3, 0.4) is 0 Å². The molecule has 0 radical (unpaired) electrons. The van der Waals surface area contributed by atoms with Crippen molar-refractivity contribution in [2.24, 2.45) is 5.41 Å². The van der Waals surface area contributed by atoms with Crippen LogP contribution in [0.2, 0.25) is 0 Å². The molecule has 0 saturated carbocycles. The molecule has 2 aliphatic rings. The van der Waals surface area contributed by atoms with Gasteiger partial charge in [-0.1, -0.05) is 26.5 Å². The van der Waals surface area contributed by atoms with Crippen molar-refractivity contribution in [1.82, 2.24) is 4.98 Å². The molecular weight excluding hydrogens is 568 g/mol. The number of sulfone groups is 1. The number of hydrogen-bond donors (Lipinski definition) is 2. The van der Waals surface area contributed by atoms with E-state index in [-0.39, 0.29) is 63.9 Å². The van der Waals surface area contributed by atoms with E-state index in [0.29, 0.717) is 5.57 Å². The molecule has 1 amide bonds. The standard InChI is InChI=1S/C30H31F2N3O6S/c1-15(2)13-40-22-11-10-18(23(31)24(22)32)27-28-19(12-30(5,6)14-42(28,38)39)34-26-20(8-7-9-21(26)36)35(27)29(37)25-16(3)41-17(4)33-25/h7-11,27,34,36H,1,12-14H2,2-6H3/t27-/m0/s1. The highest BCUT2D eigenvalue weighted by Gasteiger charge is 2.48. The molecule has 1 aromatic heterocycles. The summed E-state index contributed by atoms with van der Waals surface area (Å²) in [5.74, 6) is -4.23. The number of carbonyl (C=O) groups is 1. The molecule has 2 aromatic carbocycles. The Bertz CT molecular complexity index is 1780. The maximum Gasteiger partial charge on any atom is 0.281 e. The molecule has 0 aliphatic carbocycles. The van der Waals surface area contributed by atoms with E-state index in [1.807, 2.05) is 0 Å². The molecule has 5 rings (SSSR count). The Morgan fingerprint density at radius 1 is 1.24 bits per heavy atom. The molecule has 3 aromatic rings. The smallest absolute Gasteiger partial charge is 0.281 e. The number of ether oxygens (including phenoxy) is 1. The predicted octanol–water partition coefficient (Wildman–Crippen LogP) is 6.10. The van der Waals surface area contributed by atoms with Gasteiger partial charge in [0.05, 0.1) is 16.3 Å². The molecule has 0 unspecified atom stereocenters. The molecule has 9 nitrogen and oxygen atoms in total. The second kappa shape index (κ2) is 10.3. The van der Waals surface area contributed by atoms with Crippen molar-refractivity contribution in [3.05, 3.63) is 87.6 Å². The van der Waals surface area contributed by atoms with Crippen LogP contribution in [0.25, 0.3) is 0 Å². The highest BCUT2D eigenvalue weighted by molar-refractivity contribution is 7.95. The van der Waals surface area contributed by atoms with E-state index >= 15 is 8.78 Å². The second-order valence-electron chi connectivity index (χ2n) is 11.5. The van der Waals surface area contributed by atoms with E-state index in [9.17, 15) is 18.3 Å². The normalized spacial score (nSPS) is 18.9. The molecule has 2 aliphatic heterocycles. The zero-order chi connectivity index (χ0) is 30.7. The highest BCUT2D eigenvalue weighted by Crippen LogP contribution is 2.52. The number of carbonyl (C=O) groups excluding carboxylic acids is 1. The zero-order valence-corrected chi connectivity index (χ0v) is 24.7. The van der Waals surface area contributed by atoms with Gasteiger partial charge < -0.3 is 19.6 Å². The van der Waals surface area contributed by atoms with E-state index in [2.05, 4.69) is 16.9 Å². The molecule has 42 heavy (non-hydrogen) atoms. The number of para-hydroxylation sites is 1. The molecular formula is C30H31F2N3O6S. The van der Waals surface area contributed by atoms with Crippen molar-refractivity contribution in [2.75, 3.05) is 22.6 Å². The van der Waals surface area contributed by atoms with Gasteiger partial charge in [0.15, 0.2) is 33.0 Å². The van der Waals surface area contributed by atoms with Crippen LogP contribution in [0.1, 0.15) is 60.9 Å². The van der Waals surface area contributed by atoms with Gasteiger partial charge in [-0.15, -0.1) is 0 Å². The number of anilines is 2. The fraction of sp³-hybridized carbons (Fsp3) is 0.333. The summed E-state index contributed by atoms with van der Waals surface area (Å²) in [7, 11) is -4.19. The van der Waals surface area contributed by atoms with E-state index in [0.717, 1.165) is 4.90 Å². The van der Waals surface area contributed by atoms with Crippen molar-refractivity contribution in [2.45, 2.75) is 47.1 Å². The number of nitrogens with zero attached hydrogens (tertiary/aromatic N) is 2. The largest absolute Gasteiger partial charge is 0.506 e. The van der Waals surface area contributed by atoms with Crippen molar-refractivity contribution in [1.29, 1.82) is 0 Å². The molecule has 12 heteroatoms. The Labute approximate surface area is 242 Å². The van der Waals surface area contributed by atoms with Gasteiger partial charge in [0.2, 0.25) is 5.82 Å². The summed E-state index contributed by atoms with van der Waals surface area (Å²) in [6, 6.07) is 5.02. The summed E-state index contributed by atoms with van der Waals surface area (Å²) in [5, 5.41) is 13.9. The first kappa shape index (κ1) is 29.3. The van der Waals surface area contributed by atoms with Crippen LogP contribution in [0.4, 0.5) is 20.2 Å².